The standard InChI is InChI=1S/C13H18N2O/c1-9-5-6-15-12-4-3-10(16-2)7-11(12)14-8-13(9)15/h3-4,7,9,13-14H,5-6,8H2,1-2H3. The van der Waals surface area contributed by atoms with E-state index in [1.165, 1.54) is 24.3 Å². The molecule has 86 valence electrons. The minimum atomic E-state index is 0.667. The van der Waals surface area contributed by atoms with Crippen molar-refractivity contribution in [3.8, 4) is 5.75 Å². The summed E-state index contributed by atoms with van der Waals surface area (Å²) in [5.41, 5.74) is 2.55. The molecule has 2 atom stereocenters. The molecule has 0 aromatic heterocycles. The number of hydrogen-bond acceptors (Lipinski definition) is 3. The summed E-state index contributed by atoms with van der Waals surface area (Å²) in [5, 5.41) is 3.52. The summed E-state index contributed by atoms with van der Waals surface area (Å²) >= 11 is 0. The fourth-order valence-corrected chi connectivity index (χ4v) is 2.87. The first kappa shape index (κ1) is 9.82. The number of rotatable bonds is 1. The lowest BCUT2D eigenvalue weighted by Crippen LogP contribution is -2.41. The number of fused-ring (bicyclic) bond motifs is 3. The zero-order valence-corrected chi connectivity index (χ0v) is 9.86. The maximum atomic E-state index is 5.25. The van der Waals surface area contributed by atoms with E-state index < -0.39 is 0 Å². The summed E-state index contributed by atoms with van der Waals surface area (Å²) in [6.07, 6.45) is 1.30. The molecule has 1 saturated heterocycles. The number of nitrogens with one attached hydrogen (secondary N) is 1. The zero-order valence-electron chi connectivity index (χ0n) is 9.86. The molecule has 2 heterocycles. The van der Waals surface area contributed by atoms with Crippen LogP contribution in [-0.2, 0) is 0 Å². The molecule has 1 fully saturated rings. The van der Waals surface area contributed by atoms with Gasteiger partial charge < -0.3 is 15.0 Å². The SMILES string of the molecule is COc1ccc2c(c1)NCC1C(C)CCN21. The summed E-state index contributed by atoms with van der Waals surface area (Å²) in [6, 6.07) is 6.98. The fraction of sp³-hybridized carbons (Fsp3) is 0.538. The van der Waals surface area contributed by atoms with Crippen molar-refractivity contribution in [2.45, 2.75) is 19.4 Å². The summed E-state index contributed by atoms with van der Waals surface area (Å²) < 4.78 is 5.25. The van der Waals surface area contributed by atoms with Crippen LogP contribution in [-0.4, -0.2) is 26.2 Å². The molecule has 1 aromatic rings. The molecule has 3 nitrogen and oxygen atoms in total. The van der Waals surface area contributed by atoms with Crippen molar-refractivity contribution in [2.75, 3.05) is 30.4 Å². The monoisotopic (exact) mass is 218 g/mol. The fourth-order valence-electron chi connectivity index (χ4n) is 2.87. The Kier molecular flexibility index (Phi) is 2.20. The van der Waals surface area contributed by atoms with Crippen LogP contribution < -0.4 is 15.0 Å². The molecule has 0 radical (unpaired) electrons. The maximum absolute atomic E-state index is 5.25. The molecule has 0 spiro atoms. The molecule has 2 aliphatic rings. The van der Waals surface area contributed by atoms with Gasteiger partial charge in [0.25, 0.3) is 0 Å². The van der Waals surface area contributed by atoms with Crippen LogP contribution in [0.3, 0.4) is 0 Å². The maximum Gasteiger partial charge on any atom is 0.121 e. The first-order valence-corrected chi connectivity index (χ1v) is 5.98. The molecule has 0 bridgehead atoms. The van der Waals surface area contributed by atoms with Crippen LogP contribution in [0.25, 0.3) is 0 Å². The van der Waals surface area contributed by atoms with Crippen molar-refractivity contribution in [1.82, 2.24) is 0 Å². The van der Waals surface area contributed by atoms with E-state index >= 15 is 0 Å². The van der Waals surface area contributed by atoms with E-state index in [0.717, 1.165) is 18.2 Å². The topological polar surface area (TPSA) is 24.5 Å². The third kappa shape index (κ3) is 1.34. The van der Waals surface area contributed by atoms with Crippen molar-refractivity contribution in [2.24, 2.45) is 5.92 Å². The summed E-state index contributed by atoms with van der Waals surface area (Å²) in [4.78, 5) is 2.54. The van der Waals surface area contributed by atoms with Crippen molar-refractivity contribution in [3.05, 3.63) is 18.2 Å². The van der Waals surface area contributed by atoms with Crippen LogP contribution in [0, 0.1) is 5.92 Å². The van der Waals surface area contributed by atoms with E-state index in [1.807, 2.05) is 6.07 Å². The number of benzene rings is 1. The van der Waals surface area contributed by atoms with Crippen LogP contribution in [0.4, 0.5) is 11.4 Å². The summed E-state index contributed by atoms with van der Waals surface area (Å²) in [7, 11) is 1.71. The Labute approximate surface area is 96.4 Å². The highest BCUT2D eigenvalue weighted by atomic mass is 16.5. The van der Waals surface area contributed by atoms with E-state index in [-0.39, 0.29) is 0 Å². The quantitative estimate of drug-likeness (QED) is 0.783. The van der Waals surface area contributed by atoms with E-state index in [2.05, 4.69) is 29.3 Å². The lowest BCUT2D eigenvalue weighted by Gasteiger charge is -2.36. The molecule has 16 heavy (non-hydrogen) atoms. The molecule has 2 unspecified atom stereocenters. The molecule has 1 N–H and O–H groups in total. The molecule has 1 aromatic carbocycles. The molecule has 0 amide bonds. The molecular weight excluding hydrogens is 200 g/mol. The smallest absolute Gasteiger partial charge is 0.121 e. The van der Waals surface area contributed by atoms with Gasteiger partial charge in [0.2, 0.25) is 0 Å². The number of ether oxygens (including phenoxy) is 1. The van der Waals surface area contributed by atoms with Gasteiger partial charge in [-0.05, 0) is 24.5 Å². The normalized spacial score (nSPS) is 27.0. The molecule has 0 saturated carbocycles. The van der Waals surface area contributed by atoms with Crippen LogP contribution in [0.5, 0.6) is 5.75 Å². The third-order valence-corrected chi connectivity index (χ3v) is 3.90. The Morgan fingerprint density at radius 1 is 1.44 bits per heavy atom. The second-order valence-electron chi connectivity index (χ2n) is 4.79. The average molecular weight is 218 g/mol. The number of anilines is 2. The number of hydrogen-bond donors (Lipinski definition) is 1. The first-order chi connectivity index (χ1) is 7.79. The number of methoxy groups -OCH3 is 1. The summed E-state index contributed by atoms with van der Waals surface area (Å²) in [5.74, 6) is 1.72. The third-order valence-electron chi connectivity index (χ3n) is 3.90. The summed E-state index contributed by atoms with van der Waals surface area (Å²) in [6.45, 7) is 4.59. The van der Waals surface area contributed by atoms with Gasteiger partial charge in [-0.3, -0.25) is 0 Å². The van der Waals surface area contributed by atoms with Crippen molar-refractivity contribution in [3.63, 3.8) is 0 Å². The van der Waals surface area contributed by atoms with Crippen molar-refractivity contribution >= 4 is 11.4 Å². The lowest BCUT2D eigenvalue weighted by molar-refractivity contribution is 0.414. The van der Waals surface area contributed by atoms with Crippen LogP contribution in [0.15, 0.2) is 18.2 Å². The second-order valence-corrected chi connectivity index (χ2v) is 4.79. The van der Waals surface area contributed by atoms with Gasteiger partial charge in [0.1, 0.15) is 5.75 Å². The van der Waals surface area contributed by atoms with Crippen LogP contribution in [0.1, 0.15) is 13.3 Å². The van der Waals surface area contributed by atoms with E-state index in [9.17, 15) is 0 Å². The van der Waals surface area contributed by atoms with Gasteiger partial charge in [-0.15, -0.1) is 0 Å². The van der Waals surface area contributed by atoms with Crippen LogP contribution >= 0.6 is 0 Å². The second kappa shape index (κ2) is 3.58. The highest BCUT2D eigenvalue weighted by Crippen LogP contribution is 2.39. The molecule has 3 heteroatoms. The Morgan fingerprint density at radius 2 is 2.31 bits per heavy atom. The van der Waals surface area contributed by atoms with Gasteiger partial charge in [0.15, 0.2) is 0 Å². The molecule has 0 aliphatic carbocycles. The van der Waals surface area contributed by atoms with Gasteiger partial charge in [-0.2, -0.15) is 0 Å². The van der Waals surface area contributed by atoms with Gasteiger partial charge in [0, 0.05) is 25.2 Å². The Bertz CT molecular complexity index is 405. The Balaban J connectivity index is 1.98. The highest BCUT2D eigenvalue weighted by molar-refractivity contribution is 5.75. The van der Waals surface area contributed by atoms with Gasteiger partial charge in [0.05, 0.1) is 18.5 Å². The molecule has 2 aliphatic heterocycles. The van der Waals surface area contributed by atoms with Gasteiger partial charge in [-0.1, -0.05) is 6.92 Å². The first-order valence-electron chi connectivity index (χ1n) is 5.98. The van der Waals surface area contributed by atoms with E-state index in [4.69, 9.17) is 4.74 Å². The molecular formula is C13H18N2O. The Hall–Kier alpha value is -1.38. The van der Waals surface area contributed by atoms with E-state index in [1.54, 1.807) is 7.11 Å². The largest absolute Gasteiger partial charge is 0.497 e. The predicted octanol–water partition coefficient (Wildman–Crippen LogP) is 2.34. The zero-order chi connectivity index (χ0) is 11.1. The minimum Gasteiger partial charge on any atom is -0.497 e. The average Bonchev–Trinajstić information content (AvgIpc) is 2.70. The molecule has 3 rings (SSSR count). The van der Waals surface area contributed by atoms with Crippen LogP contribution in [0.2, 0.25) is 0 Å². The van der Waals surface area contributed by atoms with E-state index in [0.29, 0.717) is 6.04 Å². The van der Waals surface area contributed by atoms with Crippen molar-refractivity contribution in [1.29, 1.82) is 0 Å². The Morgan fingerprint density at radius 3 is 3.12 bits per heavy atom. The predicted molar refractivity (Wildman–Crippen MR) is 66.4 cm³/mol. The van der Waals surface area contributed by atoms with Gasteiger partial charge in [-0.25, -0.2) is 0 Å². The van der Waals surface area contributed by atoms with Crippen molar-refractivity contribution < 1.29 is 4.74 Å². The number of nitrogens with zero attached hydrogens (tertiary/aromatic N) is 1. The highest BCUT2D eigenvalue weighted by Gasteiger charge is 2.35. The minimum absolute atomic E-state index is 0.667. The van der Waals surface area contributed by atoms with Gasteiger partial charge >= 0.3 is 0 Å². The lowest BCUT2D eigenvalue weighted by atomic mass is 10.0.